The number of nitrogens with one attached hydrogen (secondary N) is 1. The number of ether oxygens (including phenoxy) is 1. The van der Waals surface area contributed by atoms with Crippen LogP contribution in [0.25, 0.3) is 0 Å². The van der Waals surface area contributed by atoms with E-state index in [9.17, 15) is 0 Å². The van der Waals surface area contributed by atoms with Crippen molar-refractivity contribution in [3.8, 4) is 5.75 Å². The summed E-state index contributed by atoms with van der Waals surface area (Å²) < 4.78 is 5.52. The van der Waals surface area contributed by atoms with E-state index >= 15 is 0 Å². The minimum Gasteiger partial charge on any atom is -0.494 e. The van der Waals surface area contributed by atoms with Gasteiger partial charge in [-0.15, -0.1) is 0 Å². The molecule has 0 radical (unpaired) electrons. The van der Waals surface area contributed by atoms with E-state index in [1.165, 1.54) is 31.2 Å². The lowest BCUT2D eigenvalue weighted by atomic mass is 9.83. The molecule has 1 aliphatic heterocycles. The Morgan fingerprint density at radius 1 is 1.11 bits per heavy atom. The van der Waals surface area contributed by atoms with Gasteiger partial charge < -0.3 is 10.1 Å². The highest BCUT2D eigenvalue weighted by Crippen LogP contribution is 2.33. The fourth-order valence-corrected chi connectivity index (χ4v) is 2.93. The van der Waals surface area contributed by atoms with Crippen molar-refractivity contribution in [3.63, 3.8) is 0 Å². The zero-order valence-electron chi connectivity index (χ0n) is 11.7. The van der Waals surface area contributed by atoms with Crippen LogP contribution in [0.5, 0.6) is 5.75 Å². The lowest BCUT2D eigenvalue weighted by molar-refractivity contribution is 0.310. The van der Waals surface area contributed by atoms with Crippen LogP contribution in [-0.4, -0.2) is 13.2 Å². The second-order valence-corrected chi connectivity index (χ2v) is 5.13. The van der Waals surface area contributed by atoms with Gasteiger partial charge in [0, 0.05) is 5.54 Å². The molecule has 1 aliphatic rings. The molecule has 1 unspecified atom stereocenters. The minimum absolute atomic E-state index is 0.182. The van der Waals surface area contributed by atoms with Gasteiger partial charge in [0.25, 0.3) is 0 Å². The van der Waals surface area contributed by atoms with Gasteiger partial charge in [-0.05, 0) is 50.4 Å². The predicted molar refractivity (Wildman–Crippen MR) is 76.1 cm³/mol. The Morgan fingerprint density at radius 2 is 1.89 bits per heavy atom. The maximum Gasteiger partial charge on any atom is 0.119 e. The minimum atomic E-state index is 0.182. The van der Waals surface area contributed by atoms with Gasteiger partial charge >= 0.3 is 0 Å². The monoisotopic (exact) mass is 247 g/mol. The molecule has 0 saturated carbocycles. The molecule has 0 amide bonds. The SMILES string of the molecule is CCOc1ccc(C2(CC)CCCCCN2)cc1. The second kappa shape index (κ2) is 6.24. The standard InChI is InChI=1S/C16H25NO/c1-3-16(12-6-5-7-13-17-16)14-8-10-15(11-9-14)18-4-2/h8-11,17H,3-7,12-13H2,1-2H3. The zero-order chi connectivity index (χ0) is 12.8. The number of hydrogen-bond acceptors (Lipinski definition) is 2. The average Bonchev–Trinajstić information content (AvgIpc) is 2.66. The van der Waals surface area contributed by atoms with E-state index in [4.69, 9.17) is 4.74 Å². The summed E-state index contributed by atoms with van der Waals surface area (Å²) >= 11 is 0. The Balaban J connectivity index is 2.20. The first kappa shape index (κ1) is 13.4. The van der Waals surface area contributed by atoms with Crippen molar-refractivity contribution in [2.75, 3.05) is 13.2 Å². The largest absolute Gasteiger partial charge is 0.494 e. The molecule has 0 aliphatic carbocycles. The van der Waals surface area contributed by atoms with Crippen molar-refractivity contribution in [2.45, 2.75) is 51.5 Å². The summed E-state index contributed by atoms with van der Waals surface area (Å²) in [6.45, 7) is 6.18. The Bertz CT molecular complexity index is 350. The molecule has 1 atom stereocenters. The molecule has 18 heavy (non-hydrogen) atoms. The van der Waals surface area contributed by atoms with Crippen LogP contribution in [0.2, 0.25) is 0 Å². The third kappa shape index (κ3) is 2.86. The number of rotatable bonds is 4. The van der Waals surface area contributed by atoms with Gasteiger partial charge in [0.2, 0.25) is 0 Å². The molecular weight excluding hydrogens is 222 g/mol. The predicted octanol–water partition coefficient (Wildman–Crippen LogP) is 3.85. The van der Waals surface area contributed by atoms with Gasteiger partial charge in [-0.25, -0.2) is 0 Å². The Hall–Kier alpha value is -1.02. The molecule has 1 heterocycles. The summed E-state index contributed by atoms with van der Waals surface area (Å²) in [6.07, 6.45) is 6.39. The van der Waals surface area contributed by atoms with Crippen molar-refractivity contribution in [1.29, 1.82) is 0 Å². The lowest BCUT2D eigenvalue weighted by Gasteiger charge is -2.33. The van der Waals surface area contributed by atoms with E-state index < -0.39 is 0 Å². The van der Waals surface area contributed by atoms with Gasteiger partial charge in [0.05, 0.1) is 6.61 Å². The fourth-order valence-electron chi connectivity index (χ4n) is 2.93. The Kier molecular flexibility index (Phi) is 4.65. The maximum absolute atomic E-state index is 5.52. The third-order valence-corrected chi connectivity index (χ3v) is 4.07. The molecule has 1 aromatic rings. The summed E-state index contributed by atoms with van der Waals surface area (Å²) in [7, 11) is 0. The summed E-state index contributed by atoms with van der Waals surface area (Å²) in [5.41, 5.74) is 1.59. The summed E-state index contributed by atoms with van der Waals surface area (Å²) in [5.74, 6) is 0.973. The van der Waals surface area contributed by atoms with E-state index in [-0.39, 0.29) is 5.54 Å². The van der Waals surface area contributed by atoms with E-state index in [1.807, 2.05) is 6.92 Å². The molecule has 2 nitrogen and oxygen atoms in total. The van der Waals surface area contributed by atoms with Crippen molar-refractivity contribution < 1.29 is 4.74 Å². The van der Waals surface area contributed by atoms with Crippen LogP contribution < -0.4 is 10.1 Å². The first-order valence-electron chi connectivity index (χ1n) is 7.29. The summed E-state index contributed by atoms with van der Waals surface area (Å²) in [6, 6.07) is 8.66. The van der Waals surface area contributed by atoms with Crippen molar-refractivity contribution >= 4 is 0 Å². The van der Waals surface area contributed by atoms with Crippen LogP contribution in [-0.2, 0) is 5.54 Å². The highest BCUT2D eigenvalue weighted by atomic mass is 16.5. The van der Waals surface area contributed by atoms with Crippen molar-refractivity contribution in [3.05, 3.63) is 29.8 Å². The molecule has 100 valence electrons. The van der Waals surface area contributed by atoms with Crippen LogP contribution in [0.15, 0.2) is 24.3 Å². The highest BCUT2D eigenvalue weighted by molar-refractivity contribution is 5.32. The fraction of sp³-hybridized carbons (Fsp3) is 0.625. The third-order valence-electron chi connectivity index (χ3n) is 4.07. The van der Waals surface area contributed by atoms with Gasteiger partial charge in [0.1, 0.15) is 5.75 Å². The molecule has 0 bridgehead atoms. The maximum atomic E-state index is 5.52. The molecule has 2 heteroatoms. The van der Waals surface area contributed by atoms with Crippen molar-refractivity contribution in [2.24, 2.45) is 0 Å². The first-order valence-corrected chi connectivity index (χ1v) is 7.29. The van der Waals surface area contributed by atoms with Gasteiger partial charge in [-0.3, -0.25) is 0 Å². The molecule has 1 N–H and O–H groups in total. The van der Waals surface area contributed by atoms with E-state index in [0.717, 1.165) is 25.3 Å². The van der Waals surface area contributed by atoms with Crippen LogP contribution in [0.3, 0.4) is 0 Å². The normalized spacial score (nSPS) is 24.6. The molecule has 1 fully saturated rings. The number of benzene rings is 1. The average molecular weight is 247 g/mol. The lowest BCUT2D eigenvalue weighted by Crippen LogP contribution is -2.41. The van der Waals surface area contributed by atoms with E-state index in [0.29, 0.717) is 0 Å². The van der Waals surface area contributed by atoms with Gasteiger partial charge in [-0.1, -0.05) is 31.9 Å². The molecule has 0 spiro atoms. The zero-order valence-corrected chi connectivity index (χ0v) is 11.7. The van der Waals surface area contributed by atoms with Crippen LogP contribution in [0.4, 0.5) is 0 Å². The summed E-state index contributed by atoms with van der Waals surface area (Å²) in [5, 5.41) is 3.77. The molecule has 1 saturated heterocycles. The Labute approximate surface area is 111 Å². The molecule has 2 rings (SSSR count). The molecule has 0 aromatic heterocycles. The molecule has 1 aromatic carbocycles. The second-order valence-electron chi connectivity index (χ2n) is 5.13. The smallest absolute Gasteiger partial charge is 0.119 e. The summed E-state index contributed by atoms with van der Waals surface area (Å²) in [4.78, 5) is 0. The van der Waals surface area contributed by atoms with Crippen LogP contribution >= 0.6 is 0 Å². The first-order chi connectivity index (χ1) is 8.80. The molecular formula is C16H25NO. The highest BCUT2D eigenvalue weighted by Gasteiger charge is 2.30. The quantitative estimate of drug-likeness (QED) is 0.872. The van der Waals surface area contributed by atoms with Crippen molar-refractivity contribution in [1.82, 2.24) is 5.32 Å². The van der Waals surface area contributed by atoms with Crippen LogP contribution in [0, 0.1) is 0 Å². The van der Waals surface area contributed by atoms with E-state index in [1.54, 1.807) is 0 Å². The van der Waals surface area contributed by atoms with E-state index in [2.05, 4.69) is 36.5 Å². The topological polar surface area (TPSA) is 21.3 Å². The number of hydrogen-bond donors (Lipinski definition) is 1. The van der Waals surface area contributed by atoms with Gasteiger partial charge in [-0.2, -0.15) is 0 Å². The Morgan fingerprint density at radius 3 is 2.56 bits per heavy atom. The van der Waals surface area contributed by atoms with Gasteiger partial charge in [0.15, 0.2) is 0 Å². The van der Waals surface area contributed by atoms with Crippen LogP contribution in [0.1, 0.15) is 51.5 Å².